The van der Waals surface area contributed by atoms with Crippen LogP contribution >= 0.6 is 11.6 Å². The average molecular weight is 458 g/mol. The van der Waals surface area contributed by atoms with Crippen LogP contribution in [0.15, 0.2) is 78.9 Å². The van der Waals surface area contributed by atoms with Gasteiger partial charge < -0.3 is 14.8 Å². The number of pyridine rings is 1. The molecule has 0 spiro atoms. The van der Waals surface area contributed by atoms with Gasteiger partial charge >= 0.3 is 0 Å². The lowest BCUT2D eigenvalue weighted by atomic mass is 9.85. The maximum absolute atomic E-state index is 6.61. The molecule has 164 valence electrons. The Hall–Kier alpha value is -3.84. The summed E-state index contributed by atoms with van der Waals surface area (Å²) < 4.78 is 14.1. The Morgan fingerprint density at radius 1 is 1.12 bits per heavy atom. The molecule has 2 atom stereocenters. The van der Waals surface area contributed by atoms with Crippen molar-refractivity contribution in [2.24, 2.45) is 0 Å². The van der Waals surface area contributed by atoms with E-state index in [0.717, 1.165) is 39.5 Å². The molecule has 2 aromatic carbocycles. The van der Waals surface area contributed by atoms with Crippen molar-refractivity contribution >= 4 is 23.2 Å². The van der Waals surface area contributed by atoms with Crippen molar-refractivity contribution in [3.8, 4) is 11.5 Å². The van der Waals surface area contributed by atoms with Crippen LogP contribution in [0.3, 0.4) is 0 Å². The first-order valence-corrected chi connectivity index (χ1v) is 11.1. The number of aromatic nitrogens is 4. The van der Waals surface area contributed by atoms with E-state index < -0.39 is 0 Å². The lowest BCUT2D eigenvalue weighted by Gasteiger charge is -2.38. The van der Waals surface area contributed by atoms with E-state index in [2.05, 4.69) is 20.4 Å². The fourth-order valence-electron chi connectivity index (χ4n) is 4.48. The van der Waals surface area contributed by atoms with E-state index in [9.17, 15) is 0 Å². The smallest absolute Gasteiger partial charge is 0.226 e. The maximum Gasteiger partial charge on any atom is 0.226 e. The molecule has 4 aromatic rings. The zero-order valence-corrected chi connectivity index (χ0v) is 18.5. The molecule has 0 bridgehead atoms. The van der Waals surface area contributed by atoms with E-state index in [1.54, 1.807) is 12.5 Å². The van der Waals surface area contributed by atoms with Crippen LogP contribution in [0, 0.1) is 0 Å². The number of halogens is 1. The summed E-state index contributed by atoms with van der Waals surface area (Å²) in [4.78, 5) is 8.80. The molecule has 33 heavy (non-hydrogen) atoms. The summed E-state index contributed by atoms with van der Waals surface area (Å²) in [5.74, 6) is 2.23. The largest absolute Gasteiger partial charge is 0.494 e. The van der Waals surface area contributed by atoms with Crippen molar-refractivity contribution < 1.29 is 9.47 Å². The van der Waals surface area contributed by atoms with E-state index in [-0.39, 0.29) is 12.1 Å². The number of nitrogens with one attached hydrogen (secondary N) is 1. The molecule has 2 aliphatic heterocycles. The van der Waals surface area contributed by atoms with E-state index in [0.29, 0.717) is 17.6 Å². The number of rotatable bonds is 4. The van der Waals surface area contributed by atoms with E-state index in [1.165, 1.54) is 0 Å². The molecule has 1 N–H and O–H groups in total. The van der Waals surface area contributed by atoms with Gasteiger partial charge in [0.2, 0.25) is 5.95 Å². The lowest BCUT2D eigenvalue weighted by molar-refractivity contribution is 0.223. The number of ether oxygens (including phenoxy) is 2. The third-order valence-electron chi connectivity index (χ3n) is 5.87. The maximum atomic E-state index is 6.61. The number of fused-ring (bicyclic) bond motifs is 3. The number of hydrogen-bond donors (Lipinski definition) is 1. The zero-order chi connectivity index (χ0) is 22.4. The van der Waals surface area contributed by atoms with Gasteiger partial charge in [-0.1, -0.05) is 29.8 Å². The van der Waals surface area contributed by atoms with E-state index in [1.807, 2.05) is 72.4 Å². The Balaban J connectivity index is 1.58. The van der Waals surface area contributed by atoms with Crippen molar-refractivity contribution in [2.75, 3.05) is 11.9 Å². The summed E-state index contributed by atoms with van der Waals surface area (Å²) in [7, 11) is 0. The van der Waals surface area contributed by atoms with Crippen molar-refractivity contribution in [1.82, 2.24) is 19.7 Å². The predicted molar refractivity (Wildman–Crippen MR) is 125 cm³/mol. The van der Waals surface area contributed by atoms with Gasteiger partial charge in [0.25, 0.3) is 0 Å². The van der Waals surface area contributed by atoms with Crippen LogP contribution in [-0.2, 0) is 0 Å². The second-order valence-corrected chi connectivity index (χ2v) is 8.25. The normalized spacial score (nSPS) is 18.5. The second kappa shape index (κ2) is 7.94. The minimum Gasteiger partial charge on any atom is -0.494 e. The predicted octanol–water partition coefficient (Wildman–Crippen LogP) is 5.29. The molecule has 0 unspecified atom stereocenters. The van der Waals surface area contributed by atoms with Gasteiger partial charge in [0.05, 0.1) is 12.3 Å². The van der Waals surface area contributed by atoms with Gasteiger partial charge in [-0.15, -0.1) is 0 Å². The van der Waals surface area contributed by atoms with Crippen molar-refractivity contribution in [3.05, 3.63) is 101 Å². The minimum atomic E-state index is -0.362. The van der Waals surface area contributed by atoms with Crippen LogP contribution in [0.5, 0.6) is 11.5 Å². The van der Waals surface area contributed by atoms with E-state index in [4.69, 9.17) is 21.1 Å². The fourth-order valence-corrected chi connectivity index (χ4v) is 4.65. The van der Waals surface area contributed by atoms with Gasteiger partial charge in [-0.05, 0) is 54.4 Å². The SMILES string of the molecule is CCOc1ccc([C@H]2Oc3ccc(Cl)cc3C3=C2[C@@H](c2cccnc2)n2ncnc2N3)cc1. The minimum absolute atomic E-state index is 0.254. The molecule has 8 heteroatoms. The first-order valence-electron chi connectivity index (χ1n) is 10.7. The van der Waals surface area contributed by atoms with Crippen LogP contribution < -0.4 is 14.8 Å². The van der Waals surface area contributed by atoms with Crippen LogP contribution in [0.1, 0.15) is 35.8 Å². The monoisotopic (exact) mass is 457 g/mol. The summed E-state index contributed by atoms with van der Waals surface area (Å²) in [6.07, 6.45) is 4.81. The summed E-state index contributed by atoms with van der Waals surface area (Å²) in [5.41, 5.74) is 4.82. The third-order valence-corrected chi connectivity index (χ3v) is 6.11. The summed E-state index contributed by atoms with van der Waals surface area (Å²) in [6.45, 7) is 2.59. The summed E-state index contributed by atoms with van der Waals surface area (Å²) in [6, 6.07) is 17.4. The standard InChI is InChI=1S/C25H20ClN5O2/c1-2-32-18-8-5-15(6-9-18)24-21-22(19-12-17(26)7-10-20(19)33-24)30-25-28-14-29-31(25)23(21)16-4-3-11-27-13-16/h3-14,23-24H,2H2,1H3,(H,28,29,30)/t23-,24-/m1/s1. The van der Waals surface area contributed by atoms with Crippen molar-refractivity contribution in [3.63, 3.8) is 0 Å². The number of hydrogen-bond acceptors (Lipinski definition) is 6. The quantitative estimate of drug-likeness (QED) is 0.449. The molecule has 0 aliphatic carbocycles. The molecular weight excluding hydrogens is 438 g/mol. The average Bonchev–Trinajstić information content (AvgIpc) is 3.32. The Bertz CT molecular complexity index is 1350. The summed E-state index contributed by atoms with van der Waals surface area (Å²) in [5, 5.41) is 8.64. The number of anilines is 1. The molecule has 0 saturated heterocycles. The first kappa shape index (κ1) is 19.8. The van der Waals surface area contributed by atoms with Gasteiger partial charge in [0.1, 0.15) is 30.0 Å². The zero-order valence-electron chi connectivity index (χ0n) is 17.8. The number of nitrogens with zero attached hydrogens (tertiary/aromatic N) is 4. The molecule has 0 saturated carbocycles. The molecule has 0 amide bonds. The molecule has 2 aromatic heterocycles. The Kier molecular flexibility index (Phi) is 4.77. The Labute approximate surface area is 195 Å². The van der Waals surface area contributed by atoms with Crippen molar-refractivity contribution in [2.45, 2.75) is 19.1 Å². The van der Waals surface area contributed by atoms with Gasteiger partial charge in [-0.2, -0.15) is 10.1 Å². The topological polar surface area (TPSA) is 74.1 Å². The Morgan fingerprint density at radius 3 is 2.79 bits per heavy atom. The van der Waals surface area contributed by atoms with Gasteiger partial charge in [-0.3, -0.25) is 4.98 Å². The highest BCUT2D eigenvalue weighted by atomic mass is 35.5. The molecule has 6 rings (SSSR count). The molecule has 4 heterocycles. The number of benzene rings is 2. The van der Waals surface area contributed by atoms with Crippen LogP contribution in [0.4, 0.5) is 5.95 Å². The van der Waals surface area contributed by atoms with Gasteiger partial charge in [0, 0.05) is 28.6 Å². The second-order valence-electron chi connectivity index (χ2n) is 7.81. The fraction of sp³-hybridized carbons (Fsp3) is 0.160. The van der Waals surface area contributed by atoms with Gasteiger partial charge in [0.15, 0.2) is 0 Å². The third kappa shape index (κ3) is 3.32. The first-order chi connectivity index (χ1) is 16.2. The van der Waals surface area contributed by atoms with Crippen LogP contribution in [-0.4, -0.2) is 26.4 Å². The van der Waals surface area contributed by atoms with E-state index >= 15 is 0 Å². The highest BCUT2D eigenvalue weighted by Gasteiger charge is 2.41. The molecular formula is C25H20ClN5O2. The molecule has 0 radical (unpaired) electrons. The Morgan fingerprint density at radius 2 is 2.00 bits per heavy atom. The highest BCUT2D eigenvalue weighted by Crippen LogP contribution is 2.51. The van der Waals surface area contributed by atoms with Gasteiger partial charge in [-0.25, -0.2) is 4.68 Å². The van der Waals surface area contributed by atoms with Crippen molar-refractivity contribution in [1.29, 1.82) is 0 Å². The molecule has 2 aliphatic rings. The highest BCUT2D eigenvalue weighted by molar-refractivity contribution is 6.30. The lowest BCUT2D eigenvalue weighted by Crippen LogP contribution is -2.32. The molecule has 0 fully saturated rings. The van der Waals surface area contributed by atoms with Crippen LogP contribution in [0.25, 0.3) is 5.70 Å². The van der Waals surface area contributed by atoms with Crippen LogP contribution in [0.2, 0.25) is 5.02 Å². The molecule has 7 nitrogen and oxygen atoms in total. The summed E-state index contributed by atoms with van der Waals surface area (Å²) >= 11 is 6.38.